The molecule has 1 aliphatic rings. The molecule has 0 fully saturated rings. The van der Waals surface area contributed by atoms with E-state index < -0.39 is 0 Å². The molecule has 0 aromatic carbocycles. The molecule has 0 bridgehead atoms. The molecule has 2 heterocycles. The maximum absolute atomic E-state index is 5.04. The Morgan fingerprint density at radius 1 is 1.55 bits per heavy atom. The highest BCUT2D eigenvalue weighted by atomic mass is 79.9. The van der Waals surface area contributed by atoms with E-state index in [1.165, 1.54) is 6.26 Å². The second-order valence-corrected chi connectivity index (χ2v) is 2.72. The topological polar surface area (TPSA) is 47.0 Å². The quantitative estimate of drug-likeness (QED) is 0.711. The number of nitrogens with one attached hydrogen (secondary N) is 1. The molecule has 0 aliphatic carbocycles. The van der Waals surface area contributed by atoms with Crippen molar-refractivity contribution in [2.75, 3.05) is 5.32 Å². The number of hydrogen-bond donors (Lipinski definition) is 1. The van der Waals surface area contributed by atoms with Crippen LogP contribution in [0.2, 0.25) is 0 Å². The summed E-state index contributed by atoms with van der Waals surface area (Å²) in [4.78, 5) is 8.05. The van der Waals surface area contributed by atoms with Gasteiger partial charge in [-0.25, -0.2) is 9.97 Å². The van der Waals surface area contributed by atoms with Crippen molar-refractivity contribution in [3.05, 3.63) is 23.3 Å². The number of halogens is 1. The number of ether oxygens (including phenoxy) is 1. The normalized spacial score (nSPS) is 13.2. The van der Waals surface area contributed by atoms with Crippen LogP contribution in [0.5, 0.6) is 5.88 Å². The molecule has 1 aliphatic heterocycles. The number of anilines is 1. The molecule has 1 N–H and O–H groups in total. The Morgan fingerprint density at radius 3 is 3.36 bits per heavy atom. The van der Waals surface area contributed by atoms with E-state index in [2.05, 4.69) is 31.2 Å². The molecular formula is C6H4BrN3O. The van der Waals surface area contributed by atoms with Crippen LogP contribution in [0.4, 0.5) is 5.82 Å². The number of nitrogens with zero attached hydrogens (tertiary/aromatic N) is 2. The van der Waals surface area contributed by atoms with Crippen molar-refractivity contribution in [3.63, 3.8) is 0 Å². The van der Waals surface area contributed by atoms with Crippen molar-refractivity contribution in [1.82, 2.24) is 9.97 Å². The van der Waals surface area contributed by atoms with Gasteiger partial charge in [-0.2, -0.15) is 0 Å². The minimum absolute atomic E-state index is 0.496. The van der Waals surface area contributed by atoms with Crippen LogP contribution in [0, 0.1) is 0 Å². The fraction of sp³-hybridized carbons (Fsp3) is 0. The van der Waals surface area contributed by atoms with Crippen molar-refractivity contribution < 1.29 is 4.74 Å². The number of aromatic nitrogens is 2. The highest BCUT2D eigenvalue weighted by molar-refractivity contribution is 9.10. The van der Waals surface area contributed by atoms with Crippen molar-refractivity contribution >= 4 is 21.7 Å². The molecule has 0 amide bonds. The Morgan fingerprint density at radius 2 is 2.45 bits per heavy atom. The molecule has 1 aromatic rings. The number of hydrogen-bond acceptors (Lipinski definition) is 4. The molecule has 4 nitrogen and oxygen atoms in total. The smallest absolute Gasteiger partial charge is 0.262 e. The lowest BCUT2D eigenvalue weighted by molar-refractivity contribution is 0.454. The van der Waals surface area contributed by atoms with Crippen molar-refractivity contribution in [2.45, 2.75) is 0 Å². The lowest BCUT2D eigenvalue weighted by Gasteiger charge is -2.09. The monoisotopic (exact) mass is 213 g/mol. The van der Waals surface area contributed by atoms with E-state index in [1.54, 1.807) is 12.4 Å². The van der Waals surface area contributed by atoms with Crippen LogP contribution < -0.4 is 10.1 Å². The molecule has 0 atom stereocenters. The van der Waals surface area contributed by atoms with E-state index in [-0.39, 0.29) is 0 Å². The zero-order chi connectivity index (χ0) is 7.68. The SMILES string of the molecule is Brc1cnc2c(n1)NC=CO2. The Labute approximate surface area is 71.4 Å². The summed E-state index contributed by atoms with van der Waals surface area (Å²) in [6, 6.07) is 0. The summed E-state index contributed by atoms with van der Waals surface area (Å²) in [5, 5.41) is 2.89. The summed E-state index contributed by atoms with van der Waals surface area (Å²) in [6.45, 7) is 0. The molecule has 0 spiro atoms. The maximum atomic E-state index is 5.04. The number of rotatable bonds is 0. The highest BCUT2D eigenvalue weighted by Gasteiger charge is 2.08. The lowest BCUT2D eigenvalue weighted by Crippen LogP contribution is -2.03. The first-order valence-corrected chi connectivity index (χ1v) is 3.76. The van der Waals surface area contributed by atoms with E-state index in [1.807, 2.05) is 0 Å². The molecule has 2 rings (SSSR count). The van der Waals surface area contributed by atoms with Gasteiger partial charge in [0.15, 0.2) is 5.82 Å². The van der Waals surface area contributed by atoms with E-state index in [9.17, 15) is 0 Å². The van der Waals surface area contributed by atoms with Crippen LogP contribution in [-0.2, 0) is 0 Å². The molecule has 1 aromatic heterocycles. The molecule has 0 unspecified atom stereocenters. The van der Waals surface area contributed by atoms with E-state index in [0.717, 1.165) is 0 Å². The Bertz CT molecular complexity index is 313. The van der Waals surface area contributed by atoms with Crippen molar-refractivity contribution in [2.24, 2.45) is 0 Å². The van der Waals surface area contributed by atoms with Gasteiger partial charge in [-0.3, -0.25) is 0 Å². The minimum atomic E-state index is 0.496. The zero-order valence-electron chi connectivity index (χ0n) is 5.41. The van der Waals surface area contributed by atoms with Crippen LogP contribution in [0.1, 0.15) is 0 Å². The third-order valence-corrected chi connectivity index (χ3v) is 1.56. The summed E-state index contributed by atoms with van der Waals surface area (Å²) in [7, 11) is 0. The van der Waals surface area contributed by atoms with Gasteiger partial charge in [0.25, 0.3) is 5.88 Å². The van der Waals surface area contributed by atoms with Gasteiger partial charge >= 0.3 is 0 Å². The maximum Gasteiger partial charge on any atom is 0.262 e. The molecule has 0 radical (unpaired) electrons. The third-order valence-electron chi connectivity index (χ3n) is 1.18. The average molecular weight is 214 g/mol. The zero-order valence-corrected chi connectivity index (χ0v) is 7.00. The van der Waals surface area contributed by atoms with Crippen LogP contribution >= 0.6 is 15.9 Å². The van der Waals surface area contributed by atoms with Crippen LogP contribution in [0.25, 0.3) is 0 Å². The highest BCUT2D eigenvalue weighted by Crippen LogP contribution is 2.23. The second kappa shape index (κ2) is 2.50. The van der Waals surface area contributed by atoms with Crippen LogP contribution in [0.15, 0.2) is 23.3 Å². The standard InChI is InChI=1S/C6H4BrN3O/c7-4-3-9-6-5(10-4)8-1-2-11-6/h1-3H,(H,8,10). The second-order valence-electron chi connectivity index (χ2n) is 1.91. The van der Waals surface area contributed by atoms with Gasteiger partial charge in [-0.15, -0.1) is 0 Å². The lowest BCUT2D eigenvalue weighted by atomic mass is 10.6. The Kier molecular flexibility index (Phi) is 1.50. The molecule has 56 valence electrons. The Balaban J connectivity index is 2.48. The number of fused-ring (bicyclic) bond motifs is 1. The first-order valence-electron chi connectivity index (χ1n) is 2.97. The minimum Gasteiger partial charge on any atom is -0.442 e. The van der Waals surface area contributed by atoms with Crippen LogP contribution in [0.3, 0.4) is 0 Å². The largest absolute Gasteiger partial charge is 0.442 e. The predicted molar refractivity (Wildman–Crippen MR) is 43.1 cm³/mol. The van der Waals surface area contributed by atoms with Crippen LogP contribution in [-0.4, -0.2) is 9.97 Å². The molecule has 11 heavy (non-hydrogen) atoms. The average Bonchev–Trinajstić information content (AvgIpc) is 2.04. The molecule has 0 saturated carbocycles. The summed E-state index contributed by atoms with van der Waals surface area (Å²) in [5.74, 6) is 1.12. The Hall–Kier alpha value is -1.10. The fourth-order valence-electron chi connectivity index (χ4n) is 0.748. The predicted octanol–water partition coefficient (Wildman–Crippen LogP) is 1.51. The summed E-state index contributed by atoms with van der Waals surface area (Å²) < 4.78 is 5.72. The van der Waals surface area contributed by atoms with E-state index in [4.69, 9.17) is 4.74 Å². The van der Waals surface area contributed by atoms with Gasteiger partial charge in [0, 0.05) is 6.20 Å². The summed E-state index contributed by atoms with van der Waals surface area (Å²) in [6.07, 6.45) is 4.76. The van der Waals surface area contributed by atoms with Crippen molar-refractivity contribution in [3.8, 4) is 5.88 Å². The van der Waals surface area contributed by atoms with Gasteiger partial charge in [0.1, 0.15) is 10.9 Å². The third kappa shape index (κ3) is 1.19. The van der Waals surface area contributed by atoms with Gasteiger partial charge < -0.3 is 10.1 Å². The van der Waals surface area contributed by atoms with Gasteiger partial charge in [-0.1, -0.05) is 0 Å². The summed E-state index contributed by atoms with van der Waals surface area (Å²) in [5.41, 5.74) is 0. The summed E-state index contributed by atoms with van der Waals surface area (Å²) >= 11 is 3.20. The first kappa shape index (κ1) is 6.60. The first-order chi connectivity index (χ1) is 5.36. The fourth-order valence-corrected chi connectivity index (χ4v) is 1.03. The van der Waals surface area contributed by atoms with Gasteiger partial charge in [0.05, 0.1) is 6.20 Å². The molecular weight excluding hydrogens is 210 g/mol. The molecule has 0 saturated heterocycles. The van der Waals surface area contributed by atoms with Gasteiger partial charge in [0.2, 0.25) is 0 Å². The van der Waals surface area contributed by atoms with E-state index in [0.29, 0.717) is 16.3 Å². The van der Waals surface area contributed by atoms with Gasteiger partial charge in [-0.05, 0) is 15.9 Å². The molecule has 5 heteroatoms. The van der Waals surface area contributed by atoms with E-state index >= 15 is 0 Å². The van der Waals surface area contributed by atoms with Crippen molar-refractivity contribution in [1.29, 1.82) is 0 Å².